The van der Waals surface area contributed by atoms with Crippen molar-refractivity contribution in [2.24, 2.45) is 11.7 Å². The van der Waals surface area contributed by atoms with Crippen LogP contribution in [0.1, 0.15) is 18.4 Å². The standard InChI is InChI=1S/C14H21N3O/c15-9-13-7-4-8-17(11-13)14(18)16-10-12-5-2-1-3-6-12/h1-3,5-6,13H,4,7-11,15H2,(H,16,18). The Labute approximate surface area is 108 Å². The number of hydrogen-bond acceptors (Lipinski definition) is 2. The number of nitrogens with two attached hydrogens (primary N) is 1. The minimum absolute atomic E-state index is 0.0250. The van der Waals surface area contributed by atoms with Crippen molar-refractivity contribution < 1.29 is 4.79 Å². The van der Waals surface area contributed by atoms with Gasteiger partial charge in [-0.25, -0.2) is 4.79 Å². The van der Waals surface area contributed by atoms with E-state index in [9.17, 15) is 4.79 Å². The number of nitrogens with one attached hydrogen (secondary N) is 1. The van der Waals surface area contributed by atoms with E-state index in [-0.39, 0.29) is 6.03 Å². The fourth-order valence-corrected chi connectivity index (χ4v) is 2.33. The average molecular weight is 247 g/mol. The van der Waals surface area contributed by atoms with E-state index in [1.165, 1.54) is 0 Å². The van der Waals surface area contributed by atoms with Gasteiger partial charge in [0.05, 0.1) is 0 Å². The molecular formula is C14H21N3O. The molecule has 1 unspecified atom stereocenters. The van der Waals surface area contributed by atoms with E-state index < -0.39 is 0 Å². The largest absolute Gasteiger partial charge is 0.334 e. The number of likely N-dealkylation sites (tertiary alicyclic amines) is 1. The number of carbonyl (C=O) groups is 1. The molecule has 2 amide bonds. The molecule has 1 aliphatic heterocycles. The number of urea groups is 1. The van der Waals surface area contributed by atoms with E-state index in [1.807, 2.05) is 35.2 Å². The maximum atomic E-state index is 12.0. The van der Waals surface area contributed by atoms with E-state index >= 15 is 0 Å². The molecule has 2 rings (SSSR count). The zero-order valence-electron chi connectivity index (χ0n) is 10.6. The highest BCUT2D eigenvalue weighted by Gasteiger charge is 2.22. The molecule has 0 bridgehead atoms. The van der Waals surface area contributed by atoms with Crippen LogP contribution < -0.4 is 11.1 Å². The number of rotatable bonds is 3. The molecule has 1 aliphatic rings. The third-order valence-electron chi connectivity index (χ3n) is 3.43. The molecule has 4 heteroatoms. The van der Waals surface area contributed by atoms with Crippen molar-refractivity contribution in [2.75, 3.05) is 19.6 Å². The molecule has 18 heavy (non-hydrogen) atoms. The van der Waals surface area contributed by atoms with Crippen molar-refractivity contribution in [3.8, 4) is 0 Å². The number of hydrogen-bond donors (Lipinski definition) is 2. The minimum atomic E-state index is 0.0250. The molecule has 1 fully saturated rings. The molecule has 0 aliphatic carbocycles. The summed E-state index contributed by atoms with van der Waals surface area (Å²) in [6, 6.07) is 9.98. The van der Waals surface area contributed by atoms with E-state index in [1.54, 1.807) is 0 Å². The normalized spacial score (nSPS) is 19.6. The van der Waals surface area contributed by atoms with Gasteiger partial charge < -0.3 is 16.0 Å². The van der Waals surface area contributed by atoms with Gasteiger partial charge in [0.1, 0.15) is 0 Å². The Kier molecular flexibility index (Phi) is 4.59. The Hall–Kier alpha value is -1.55. The Morgan fingerprint density at radius 1 is 1.39 bits per heavy atom. The Bertz CT molecular complexity index is 380. The lowest BCUT2D eigenvalue weighted by Gasteiger charge is -2.32. The first-order valence-corrected chi connectivity index (χ1v) is 6.56. The van der Waals surface area contributed by atoms with E-state index in [0.29, 0.717) is 19.0 Å². The monoisotopic (exact) mass is 247 g/mol. The number of amides is 2. The van der Waals surface area contributed by atoms with Gasteiger partial charge in [0.15, 0.2) is 0 Å². The highest BCUT2D eigenvalue weighted by molar-refractivity contribution is 5.74. The summed E-state index contributed by atoms with van der Waals surface area (Å²) in [6.07, 6.45) is 2.19. The summed E-state index contributed by atoms with van der Waals surface area (Å²) in [6.45, 7) is 2.89. The average Bonchev–Trinajstić information content (AvgIpc) is 2.46. The van der Waals surface area contributed by atoms with Crippen LogP contribution in [-0.2, 0) is 6.54 Å². The lowest BCUT2D eigenvalue weighted by molar-refractivity contribution is 0.167. The van der Waals surface area contributed by atoms with Crippen LogP contribution in [0.15, 0.2) is 30.3 Å². The first-order chi connectivity index (χ1) is 8.79. The predicted molar refractivity (Wildman–Crippen MR) is 72.0 cm³/mol. The molecule has 3 N–H and O–H groups in total. The van der Waals surface area contributed by atoms with Crippen LogP contribution in [0, 0.1) is 5.92 Å². The SMILES string of the molecule is NCC1CCCN(C(=O)NCc2ccccc2)C1. The molecule has 1 aromatic rings. The molecule has 98 valence electrons. The second kappa shape index (κ2) is 6.40. The van der Waals surface area contributed by atoms with Crippen molar-refractivity contribution >= 4 is 6.03 Å². The fraction of sp³-hybridized carbons (Fsp3) is 0.500. The lowest BCUT2D eigenvalue weighted by Crippen LogP contribution is -2.46. The van der Waals surface area contributed by atoms with Gasteiger partial charge >= 0.3 is 6.03 Å². The van der Waals surface area contributed by atoms with Crippen molar-refractivity contribution in [3.05, 3.63) is 35.9 Å². The molecule has 0 saturated carbocycles. The summed E-state index contributed by atoms with van der Waals surface area (Å²) in [7, 11) is 0. The second-order valence-electron chi connectivity index (χ2n) is 4.83. The molecule has 1 atom stereocenters. The van der Waals surface area contributed by atoms with E-state index in [2.05, 4.69) is 5.32 Å². The highest BCUT2D eigenvalue weighted by Crippen LogP contribution is 2.15. The third-order valence-corrected chi connectivity index (χ3v) is 3.43. The Morgan fingerprint density at radius 2 is 2.17 bits per heavy atom. The smallest absolute Gasteiger partial charge is 0.317 e. The van der Waals surface area contributed by atoms with Gasteiger partial charge in [-0.15, -0.1) is 0 Å². The molecule has 1 saturated heterocycles. The summed E-state index contributed by atoms with van der Waals surface area (Å²) in [5, 5.41) is 2.96. The van der Waals surface area contributed by atoms with Gasteiger partial charge in [-0.1, -0.05) is 30.3 Å². The molecule has 1 aromatic carbocycles. The van der Waals surface area contributed by atoms with Crippen LogP contribution in [-0.4, -0.2) is 30.6 Å². The van der Waals surface area contributed by atoms with Crippen LogP contribution in [0.25, 0.3) is 0 Å². The maximum absolute atomic E-state index is 12.0. The molecule has 0 radical (unpaired) electrons. The third kappa shape index (κ3) is 3.47. The zero-order valence-corrected chi connectivity index (χ0v) is 10.6. The molecule has 1 heterocycles. The van der Waals surface area contributed by atoms with Crippen molar-refractivity contribution in [3.63, 3.8) is 0 Å². The zero-order chi connectivity index (χ0) is 12.8. The molecule has 0 aromatic heterocycles. The molecule has 0 spiro atoms. The van der Waals surface area contributed by atoms with Gasteiger partial charge in [-0.3, -0.25) is 0 Å². The van der Waals surface area contributed by atoms with Gasteiger partial charge in [0, 0.05) is 19.6 Å². The van der Waals surface area contributed by atoms with Crippen molar-refractivity contribution in [2.45, 2.75) is 19.4 Å². The van der Waals surface area contributed by atoms with Crippen LogP contribution in [0.4, 0.5) is 4.79 Å². The fourth-order valence-electron chi connectivity index (χ4n) is 2.33. The molecular weight excluding hydrogens is 226 g/mol. The number of benzene rings is 1. The van der Waals surface area contributed by atoms with E-state index in [0.717, 1.165) is 31.5 Å². The first-order valence-electron chi connectivity index (χ1n) is 6.56. The summed E-state index contributed by atoms with van der Waals surface area (Å²) >= 11 is 0. The molecule has 4 nitrogen and oxygen atoms in total. The Morgan fingerprint density at radius 3 is 2.89 bits per heavy atom. The van der Waals surface area contributed by atoms with Crippen molar-refractivity contribution in [1.29, 1.82) is 0 Å². The van der Waals surface area contributed by atoms with Gasteiger partial charge in [-0.05, 0) is 30.9 Å². The van der Waals surface area contributed by atoms with Crippen LogP contribution >= 0.6 is 0 Å². The van der Waals surface area contributed by atoms with Gasteiger partial charge in [-0.2, -0.15) is 0 Å². The van der Waals surface area contributed by atoms with Crippen LogP contribution in [0.2, 0.25) is 0 Å². The number of carbonyl (C=O) groups excluding carboxylic acids is 1. The quantitative estimate of drug-likeness (QED) is 0.851. The summed E-state index contributed by atoms with van der Waals surface area (Å²) in [4.78, 5) is 13.9. The lowest BCUT2D eigenvalue weighted by atomic mass is 9.99. The van der Waals surface area contributed by atoms with Gasteiger partial charge in [0.25, 0.3) is 0 Å². The maximum Gasteiger partial charge on any atom is 0.317 e. The van der Waals surface area contributed by atoms with E-state index in [4.69, 9.17) is 5.73 Å². The Balaban J connectivity index is 1.81. The summed E-state index contributed by atoms with van der Waals surface area (Å²) < 4.78 is 0. The second-order valence-corrected chi connectivity index (χ2v) is 4.83. The minimum Gasteiger partial charge on any atom is -0.334 e. The number of piperidine rings is 1. The number of nitrogens with zero attached hydrogens (tertiary/aromatic N) is 1. The van der Waals surface area contributed by atoms with Crippen LogP contribution in [0.3, 0.4) is 0 Å². The van der Waals surface area contributed by atoms with Gasteiger partial charge in [0.2, 0.25) is 0 Å². The summed E-state index contributed by atoms with van der Waals surface area (Å²) in [5.41, 5.74) is 6.80. The predicted octanol–water partition coefficient (Wildman–Crippen LogP) is 1.57. The highest BCUT2D eigenvalue weighted by atomic mass is 16.2. The summed E-state index contributed by atoms with van der Waals surface area (Å²) in [5.74, 6) is 0.459. The topological polar surface area (TPSA) is 58.4 Å². The first kappa shape index (κ1) is 12.9. The van der Waals surface area contributed by atoms with Crippen LogP contribution in [0.5, 0.6) is 0 Å². The van der Waals surface area contributed by atoms with Crippen molar-refractivity contribution in [1.82, 2.24) is 10.2 Å².